The van der Waals surface area contributed by atoms with Gasteiger partial charge in [0.15, 0.2) is 22.3 Å². The van der Waals surface area contributed by atoms with Gasteiger partial charge in [-0.2, -0.15) is 0 Å². The fourth-order valence-corrected chi connectivity index (χ4v) is 7.14. The summed E-state index contributed by atoms with van der Waals surface area (Å²) < 4.78 is 15.9. The summed E-state index contributed by atoms with van der Waals surface area (Å²) in [6, 6.07) is 3.32. The number of rotatable bonds is 11. The SMILES string of the molecule is CO/N=C(\C(=O)N[C@@H]1C(=O)N2C(C(=O)O)=C(CSc3nnc(-c4ccc(OC(C)=O)c(OC(C)=O)c4)o3)CS[C@H]12)c1csc(N)n1. The number of hydrogen-bond acceptors (Lipinski definition) is 17. The van der Waals surface area contributed by atoms with E-state index in [-0.39, 0.29) is 56.4 Å². The molecule has 2 aliphatic heterocycles. The molecular weight excluding hydrogens is 667 g/mol. The molecule has 4 N–H and O–H groups in total. The Balaban J connectivity index is 1.28. The first kappa shape index (κ1) is 32.4. The van der Waals surface area contributed by atoms with E-state index in [0.717, 1.165) is 28.0 Å². The number of β-lactam (4-membered cyclic amide) rings is 1. The topological polar surface area (TPSA) is 239 Å². The second-order valence-electron chi connectivity index (χ2n) is 9.32. The van der Waals surface area contributed by atoms with Crippen LogP contribution in [-0.2, 0) is 28.8 Å². The number of carboxylic acid groups (broad SMARTS) is 1. The molecule has 240 valence electrons. The molecule has 0 saturated carbocycles. The number of anilines is 1. The van der Waals surface area contributed by atoms with E-state index >= 15 is 0 Å². The first-order chi connectivity index (χ1) is 22.0. The zero-order chi connectivity index (χ0) is 33.1. The number of ether oxygens (including phenoxy) is 2. The highest BCUT2D eigenvalue weighted by Gasteiger charge is 2.54. The standard InChI is InChI=1S/C26H23N7O10S3/c1-10(34)41-15-5-4-12(6-16(15)42-11(2)35)21-30-31-26(43-21)46-8-13-7-44-23-18(22(37)33(23)19(13)24(38)39)29-20(36)17(32-40-3)14-9-45-25(27)28-14/h4-6,9,18,23H,7-8H2,1-3H3,(H2,27,28)(H,29,36)(H,38,39)/b32-17-/t18-,23-/m1/s1. The van der Waals surface area contributed by atoms with Crippen molar-refractivity contribution < 1.29 is 47.8 Å². The van der Waals surface area contributed by atoms with E-state index < -0.39 is 41.1 Å². The van der Waals surface area contributed by atoms with Gasteiger partial charge in [-0.15, -0.1) is 33.3 Å². The number of esters is 2. The van der Waals surface area contributed by atoms with Gasteiger partial charge in [0.05, 0.1) is 0 Å². The molecule has 2 aliphatic rings. The Morgan fingerprint density at radius 3 is 2.59 bits per heavy atom. The number of amides is 2. The summed E-state index contributed by atoms with van der Waals surface area (Å²) in [4.78, 5) is 71.2. The molecule has 1 aromatic carbocycles. The lowest BCUT2D eigenvalue weighted by atomic mass is 10.0. The maximum atomic E-state index is 13.1. The van der Waals surface area contributed by atoms with Crippen molar-refractivity contribution in [3.8, 4) is 23.0 Å². The van der Waals surface area contributed by atoms with Gasteiger partial charge in [-0.1, -0.05) is 16.9 Å². The largest absolute Gasteiger partial charge is 0.477 e. The number of nitrogens with zero attached hydrogens (tertiary/aromatic N) is 5. The van der Waals surface area contributed by atoms with Crippen LogP contribution in [0.3, 0.4) is 0 Å². The number of carbonyl (C=O) groups excluding carboxylic acids is 4. The van der Waals surface area contributed by atoms with Crippen molar-refractivity contribution in [1.82, 2.24) is 25.4 Å². The van der Waals surface area contributed by atoms with E-state index in [2.05, 4.69) is 25.7 Å². The van der Waals surface area contributed by atoms with Crippen molar-refractivity contribution in [3.63, 3.8) is 0 Å². The Morgan fingerprint density at radius 1 is 1.20 bits per heavy atom. The lowest BCUT2D eigenvalue weighted by Gasteiger charge is -2.49. The van der Waals surface area contributed by atoms with Gasteiger partial charge in [-0.05, 0) is 23.8 Å². The smallest absolute Gasteiger partial charge is 0.352 e. The number of nitrogens with two attached hydrogens (primary N) is 1. The van der Waals surface area contributed by atoms with E-state index in [1.165, 1.54) is 56.3 Å². The minimum absolute atomic E-state index is 0.0253. The van der Waals surface area contributed by atoms with Crippen LogP contribution >= 0.6 is 34.9 Å². The first-order valence-corrected chi connectivity index (χ1v) is 15.9. The maximum Gasteiger partial charge on any atom is 0.352 e. The molecule has 0 bridgehead atoms. The normalized spacial score (nSPS) is 17.6. The van der Waals surface area contributed by atoms with Crippen LogP contribution < -0.4 is 20.5 Å². The Bertz CT molecular complexity index is 1800. The van der Waals surface area contributed by atoms with Gasteiger partial charge < -0.3 is 34.9 Å². The summed E-state index contributed by atoms with van der Waals surface area (Å²) >= 11 is 3.43. The zero-order valence-corrected chi connectivity index (χ0v) is 26.5. The number of thiazole rings is 1. The van der Waals surface area contributed by atoms with Gasteiger partial charge in [0, 0.05) is 36.3 Å². The minimum atomic E-state index is -1.31. The summed E-state index contributed by atoms with van der Waals surface area (Å²) in [5.41, 5.74) is 6.24. The van der Waals surface area contributed by atoms with Gasteiger partial charge in [0.1, 0.15) is 29.9 Å². The monoisotopic (exact) mass is 689 g/mol. The van der Waals surface area contributed by atoms with E-state index in [1.54, 1.807) is 0 Å². The van der Waals surface area contributed by atoms with E-state index in [9.17, 15) is 29.1 Å². The summed E-state index contributed by atoms with van der Waals surface area (Å²) in [6.07, 6.45) is 0. The number of thioether (sulfide) groups is 2. The highest BCUT2D eigenvalue weighted by Crippen LogP contribution is 2.42. The van der Waals surface area contributed by atoms with Crippen molar-refractivity contribution in [1.29, 1.82) is 0 Å². The van der Waals surface area contributed by atoms with Crippen LogP contribution in [0.15, 0.2) is 49.6 Å². The fraction of sp³-hybridized carbons (Fsp3) is 0.269. The third kappa shape index (κ3) is 6.82. The van der Waals surface area contributed by atoms with Crippen molar-refractivity contribution in [3.05, 3.63) is 40.5 Å². The number of nitrogens with one attached hydrogen (secondary N) is 1. The average Bonchev–Trinajstić information content (AvgIpc) is 3.66. The first-order valence-electron chi connectivity index (χ1n) is 13.0. The predicted octanol–water partition coefficient (Wildman–Crippen LogP) is 1.51. The second kappa shape index (κ2) is 13.6. The molecular formula is C26H23N7O10S3. The second-order valence-corrected chi connectivity index (χ2v) is 12.2. The van der Waals surface area contributed by atoms with Crippen LogP contribution in [0.25, 0.3) is 11.5 Å². The maximum absolute atomic E-state index is 13.1. The number of carbonyl (C=O) groups is 5. The third-order valence-electron chi connectivity index (χ3n) is 6.17. The molecule has 2 atom stereocenters. The molecule has 3 aromatic rings. The Kier molecular flexibility index (Phi) is 9.58. The molecule has 46 heavy (non-hydrogen) atoms. The molecule has 0 radical (unpaired) electrons. The van der Waals surface area contributed by atoms with Crippen LogP contribution in [0.5, 0.6) is 11.5 Å². The molecule has 17 nitrogen and oxygen atoms in total. The minimum Gasteiger partial charge on any atom is -0.477 e. The number of benzene rings is 1. The Labute approximate surface area is 271 Å². The van der Waals surface area contributed by atoms with Crippen LogP contribution in [0.1, 0.15) is 19.5 Å². The molecule has 2 aromatic heterocycles. The number of aliphatic carboxylic acids is 1. The van der Waals surface area contributed by atoms with Crippen molar-refractivity contribution in [2.24, 2.45) is 5.16 Å². The highest BCUT2D eigenvalue weighted by molar-refractivity contribution is 8.01. The molecule has 1 saturated heterocycles. The lowest BCUT2D eigenvalue weighted by Crippen LogP contribution is -2.71. The van der Waals surface area contributed by atoms with E-state index in [0.29, 0.717) is 11.1 Å². The Hall–Kier alpha value is -4.95. The number of aromatic nitrogens is 3. The molecule has 4 heterocycles. The predicted molar refractivity (Wildman–Crippen MR) is 163 cm³/mol. The zero-order valence-electron chi connectivity index (χ0n) is 24.0. The average molecular weight is 690 g/mol. The van der Waals surface area contributed by atoms with Gasteiger partial charge in [0.25, 0.3) is 17.0 Å². The number of carboxylic acids is 1. The van der Waals surface area contributed by atoms with Crippen LogP contribution in [-0.4, -0.2) is 90.7 Å². The number of hydrogen-bond donors (Lipinski definition) is 3. The summed E-state index contributed by atoms with van der Waals surface area (Å²) in [6.45, 7) is 2.39. The van der Waals surface area contributed by atoms with Crippen molar-refractivity contribution >= 4 is 75.4 Å². The summed E-state index contributed by atoms with van der Waals surface area (Å²) in [5.74, 6) is -3.50. The fourth-order valence-electron chi connectivity index (χ4n) is 4.34. The molecule has 0 aliphatic carbocycles. The number of oxime groups is 1. The van der Waals surface area contributed by atoms with Crippen molar-refractivity contribution in [2.45, 2.75) is 30.5 Å². The quantitative estimate of drug-likeness (QED) is 0.0645. The molecule has 5 rings (SSSR count). The van der Waals surface area contributed by atoms with Crippen LogP contribution in [0.4, 0.5) is 5.13 Å². The van der Waals surface area contributed by atoms with Crippen LogP contribution in [0.2, 0.25) is 0 Å². The highest BCUT2D eigenvalue weighted by atomic mass is 32.2. The molecule has 1 fully saturated rings. The molecule has 0 spiro atoms. The lowest BCUT2D eigenvalue weighted by molar-refractivity contribution is -0.150. The van der Waals surface area contributed by atoms with Gasteiger partial charge in [-0.25, -0.2) is 9.78 Å². The number of fused-ring (bicyclic) bond motifs is 1. The Morgan fingerprint density at radius 2 is 1.93 bits per heavy atom. The number of nitrogen functional groups attached to an aromatic ring is 1. The molecule has 20 heteroatoms. The van der Waals surface area contributed by atoms with E-state index in [1.807, 2.05) is 0 Å². The van der Waals surface area contributed by atoms with Crippen LogP contribution in [0, 0.1) is 0 Å². The van der Waals surface area contributed by atoms with Gasteiger partial charge in [0.2, 0.25) is 5.89 Å². The summed E-state index contributed by atoms with van der Waals surface area (Å²) in [5, 5.41) is 25.4. The van der Waals surface area contributed by atoms with Gasteiger partial charge >= 0.3 is 17.9 Å². The summed E-state index contributed by atoms with van der Waals surface area (Å²) in [7, 11) is 1.25. The molecule has 2 amide bonds. The molecule has 0 unspecified atom stereocenters. The van der Waals surface area contributed by atoms with E-state index in [4.69, 9.17) is 24.5 Å². The van der Waals surface area contributed by atoms with Crippen molar-refractivity contribution in [2.75, 3.05) is 24.3 Å². The third-order valence-corrected chi connectivity index (χ3v) is 9.09. The van der Waals surface area contributed by atoms with Gasteiger partial charge in [-0.3, -0.25) is 24.1 Å².